The summed E-state index contributed by atoms with van der Waals surface area (Å²) in [6, 6.07) is 6.88. The number of anilines is 4. The fraction of sp³-hybridized carbons (Fsp3) is 0. The van der Waals surface area contributed by atoms with Gasteiger partial charge in [0.25, 0.3) is 0 Å². The van der Waals surface area contributed by atoms with Crippen LogP contribution < -0.4 is 16.8 Å². The van der Waals surface area contributed by atoms with Crippen LogP contribution in [0, 0.1) is 11.6 Å². The van der Waals surface area contributed by atoms with Crippen molar-refractivity contribution in [1.29, 1.82) is 0 Å². The molecule has 0 radical (unpaired) electrons. The van der Waals surface area contributed by atoms with Gasteiger partial charge in [-0.25, -0.2) is 8.78 Å². The van der Waals surface area contributed by atoms with Crippen LogP contribution in [-0.2, 0) is 0 Å². The van der Waals surface area contributed by atoms with Gasteiger partial charge in [0, 0.05) is 11.8 Å². The summed E-state index contributed by atoms with van der Waals surface area (Å²) in [5, 5.41) is 2.74. The molecule has 0 saturated heterocycles. The highest BCUT2D eigenvalue weighted by Gasteiger charge is 2.08. The number of rotatable bonds is 2. The van der Waals surface area contributed by atoms with Crippen LogP contribution in [0.4, 0.5) is 31.5 Å². The first-order chi connectivity index (χ1) is 8.47. The number of nitrogen functional groups attached to an aromatic ring is 2. The maximum absolute atomic E-state index is 13.6. The minimum Gasteiger partial charge on any atom is -0.397 e. The average Bonchev–Trinajstić information content (AvgIpc) is 2.31. The molecule has 3 nitrogen and oxygen atoms in total. The molecule has 0 aromatic heterocycles. The van der Waals surface area contributed by atoms with Crippen molar-refractivity contribution in [2.24, 2.45) is 0 Å². The molecule has 0 unspecified atom stereocenters. The third kappa shape index (κ3) is 2.53. The van der Waals surface area contributed by atoms with Crippen LogP contribution in [0.25, 0.3) is 0 Å². The van der Waals surface area contributed by atoms with Crippen molar-refractivity contribution < 1.29 is 8.78 Å². The second-order valence-electron chi connectivity index (χ2n) is 3.71. The van der Waals surface area contributed by atoms with Crippen molar-refractivity contribution in [1.82, 2.24) is 0 Å². The summed E-state index contributed by atoms with van der Waals surface area (Å²) in [6.07, 6.45) is 0. The number of halogens is 3. The Morgan fingerprint density at radius 3 is 2.33 bits per heavy atom. The fourth-order valence-electron chi connectivity index (χ4n) is 1.43. The molecular formula is C12H10BrF2N3. The van der Waals surface area contributed by atoms with Crippen molar-refractivity contribution in [3.8, 4) is 0 Å². The zero-order valence-electron chi connectivity index (χ0n) is 9.18. The maximum atomic E-state index is 13.6. The van der Waals surface area contributed by atoms with Crippen LogP contribution in [0.5, 0.6) is 0 Å². The number of nitrogens with one attached hydrogen (secondary N) is 1. The van der Waals surface area contributed by atoms with Crippen LogP contribution in [-0.4, -0.2) is 0 Å². The Balaban J connectivity index is 2.34. The summed E-state index contributed by atoms with van der Waals surface area (Å²) in [5.74, 6) is -1.12. The third-order valence-corrected chi connectivity index (χ3v) is 2.98. The van der Waals surface area contributed by atoms with Gasteiger partial charge in [-0.15, -0.1) is 0 Å². The van der Waals surface area contributed by atoms with Crippen LogP contribution in [0.1, 0.15) is 0 Å². The zero-order chi connectivity index (χ0) is 13.3. The Bertz CT molecular complexity index is 602. The Kier molecular flexibility index (Phi) is 3.38. The first-order valence-corrected chi connectivity index (χ1v) is 5.83. The predicted octanol–water partition coefficient (Wildman–Crippen LogP) is 3.64. The molecule has 2 rings (SSSR count). The lowest BCUT2D eigenvalue weighted by Gasteiger charge is -2.10. The standard InChI is InChI=1S/C12H10BrF2N3/c13-7-4-9(15)12(5-8(7)14)18-6-1-2-10(16)11(17)3-6/h1-5,18H,16-17H2. The highest BCUT2D eigenvalue weighted by Crippen LogP contribution is 2.27. The van der Waals surface area contributed by atoms with Gasteiger partial charge in [0.1, 0.15) is 11.6 Å². The van der Waals surface area contributed by atoms with Gasteiger partial charge in [-0.05, 0) is 40.2 Å². The van der Waals surface area contributed by atoms with Crippen LogP contribution in [0.3, 0.4) is 0 Å². The summed E-state index contributed by atoms with van der Waals surface area (Å²) in [6.45, 7) is 0. The van der Waals surface area contributed by atoms with Crippen molar-refractivity contribution in [3.05, 3.63) is 46.4 Å². The normalized spacial score (nSPS) is 10.4. The lowest BCUT2D eigenvalue weighted by atomic mass is 10.2. The lowest BCUT2D eigenvalue weighted by molar-refractivity contribution is 0.598. The van der Waals surface area contributed by atoms with Gasteiger partial charge in [0.05, 0.1) is 21.5 Å². The highest BCUT2D eigenvalue weighted by molar-refractivity contribution is 9.10. The summed E-state index contributed by atoms with van der Waals surface area (Å²) in [7, 11) is 0. The Morgan fingerprint density at radius 2 is 1.67 bits per heavy atom. The quantitative estimate of drug-likeness (QED) is 0.586. The maximum Gasteiger partial charge on any atom is 0.147 e. The van der Waals surface area contributed by atoms with E-state index in [1.54, 1.807) is 18.2 Å². The molecule has 0 heterocycles. The summed E-state index contributed by atoms with van der Waals surface area (Å²) >= 11 is 2.91. The van der Waals surface area contributed by atoms with E-state index < -0.39 is 11.6 Å². The van der Waals surface area contributed by atoms with E-state index in [1.165, 1.54) is 0 Å². The molecule has 18 heavy (non-hydrogen) atoms. The van der Waals surface area contributed by atoms with Gasteiger partial charge in [0.2, 0.25) is 0 Å². The van der Waals surface area contributed by atoms with Gasteiger partial charge in [-0.1, -0.05) is 0 Å². The minimum absolute atomic E-state index is 0.0277. The van der Waals surface area contributed by atoms with Crippen LogP contribution in [0.15, 0.2) is 34.8 Å². The molecule has 0 saturated carbocycles. The van der Waals surface area contributed by atoms with Crippen molar-refractivity contribution in [2.45, 2.75) is 0 Å². The van der Waals surface area contributed by atoms with Crippen molar-refractivity contribution >= 4 is 38.7 Å². The Morgan fingerprint density at radius 1 is 0.944 bits per heavy atom. The summed E-state index contributed by atoms with van der Waals surface area (Å²) in [5.41, 5.74) is 12.6. The Labute approximate surface area is 111 Å². The highest BCUT2D eigenvalue weighted by atomic mass is 79.9. The first-order valence-electron chi connectivity index (χ1n) is 5.04. The molecule has 0 aliphatic heterocycles. The van der Waals surface area contributed by atoms with Gasteiger partial charge in [-0.3, -0.25) is 0 Å². The molecule has 2 aromatic rings. The molecule has 0 bridgehead atoms. The molecule has 0 fully saturated rings. The monoisotopic (exact) mass is 313 g/mol. The number of benzene rings is 2. The topological polar surface area (TPSA) is 64.1 Å². The van der Waals surface area contributed by atoms with Crippen LogP contribution >= 0.6 is 15.9 Å². The van der Waals surface area contributed by atoms with E-state index in [1.807, 2.05) is 0 Å². The molecular weight excluding hydrogens is 304 g/mol. The van der Waals surface area contributed by atoms with E-state index in [0.717, 1.165) is 12.1 Å². The molecule has 0 aliphatic rings. The molecule has 0 aliphatic carbocycles. The molecule has 6 heteroatoms. The second-order valence-corrected chi connectivity index (χ2v) is 4.57. The SMILES string of the molecule is Nc1ccc(Nc2cc(F)c(Br)cc2F)cc1N. The fourth-order valence-corrected chi connectivity index (χ4v) is 1.74. The number of nitrogens with two attached hydrogens (primary N) is 2. The minimum atomic E-state index is -0.571. The van der Waals surface area contributed by atoms with Crippen molar-refractivity contribution in [3.63, 3.8) is 0 Å². The van der Waals surface area contributed by atoms with Gasteiger partial charge in [0.15, 0.2) is 0 Å². The van der Waals surface area contributed by atoms with E-state index in [9.17, 15) is 8.78 Å². The third-order valence-electron chi connectivity index (χ3n) is 2.38. The molecule has 94 valence electrons. The molecule has 0 atom stereocenters. The van der Waals surface area contributed by atoms with E-state index in [4.69, 9.17) is 11.5 Å². The predicted molar refractivity (Wildman–Crippen MR) is 72.6 cm³/mol. The van der Waals surface area contributed by atoms with Gasteiger partial charge in [-0.2, -0.15) is 0 Å². The van der Waals surface area contributed by atoms with Crippen LogP contribution in [0.2, 0.25) is 0 Å². The zero-order valence-corrected chi connectivity index (χ0v) is 10.8. The molecule has 0 amide bonds. The van der Waals surface area contributed by atoms with E-state index >= 15 is 0 Å². The largest absolute Gasteiger partial charge is 0.397 e. The van der Waals surface area contributed by atoms with E-state index in [0.29, 0.717) is 17.1 Å². The van der Waals surface area contributed by atoms with Gasteiger partial charge < -0.3 is 16.8 Å². The summed E-state index contributed by atoms with van der Waals surface area (Å²) in [4.78, 5) is 0. The van der Waals surface area contributed by atoms with E-state index in [2.05, 4.69) is 21.2 Å². The first kappa shape index (κ1) is 12.6. The number of hydrogen-bond acceptors (Lipinski definition) is 3. The van der Waals surface area contributed by atoms with E-state index in [-0.39, 0.29) is 10.2 Å². The average molecular weight is 314 g/mol. The smallest absolute Gasteiger partial charge is 0.147 e. The Hall–Kier alpha value is -1.82. The molecule has 5 N–H and O–H groups in total. The second kappa shape index (κ2) is 4.81. The number of hydrogen-bond donors (Lipinski definition) is 3. The molecule has 2 aromatic carbocycles. The van der Waals surface area contributed by atoms with Crippen molar-refractivity contribution in [2.75, 3.05) is 16.8 Å². The lowest BCUT2D eigenvalue weighted by Crippen LogP contribution is -1.99. The summed E-state index contributed by atoms with van der Waals surface area (Å²) < 4.78 is 27.0. The molecule has 0 spiro atoms. The van der Waals surface area contributed by atoms with Gasteiger partial charge >= 0.3 is 0 Å².